The largest absolute Gasteiger partial charge is 0.507 e. The van der Waals surface area contributed by atoms with Crippen LogP contribution in [0.4, 0.5) is 0 Å². The summed E-state index contributed by atoms with van der Waals surface area (Å²) in [4.78, 5) is 0. The first-order valence-electron chi connectivity index (χ1n) is 9.96. The zero-order valence-corrected chi connectivity index (χ0v) is 17.4. The van der Waals surface area contributed by atoms with Gasteiger partial charge in [-0.05, 0) is 70.4 Å². The average molecular weight is 365 g/mol. The van der Waals surface area contributed by atoms with Gasteiger partial charge in [0.05, 0.1) is 0 Å². The summed E-state index contributed by atoms with van der Waals surface area (Å²) in [5.41, 5.74) is 7.40. The number of phenolic OH excluding ortho intramolecular Hbond substituents is 2. The lowest BCUT2D eigenvalue weighted by Gasteiger charge is -2.36. The molecular weight excluding hydrogens is 332 g/mol. The summed E-state index contributed by atoms with van der Waals surface area (Å²) in [6, 6.07) is 8.24. The first-order chi connectivity index (χ1) is 12.7. The number of aryl methyl sites for hydroxylation is 4. The Labute approximate surface area is 163 Å². The van der Waals surface area contributed by atoms with Gasteiger partial charge in [-0.3, -0.25) is 0 Å². The quantitative estimate of drug-likeness (QED) is 0.614. The van der Waals surface area contributed by atoms with Gasteiger partial charge in [-0.1, -0.05) is 54.0 Å². The zero-order valence-electron chi connectivity index (χ0n) is 17.4. The second kappa shape index (κ2) is 7.42. The maximum atomic E-state index is 11.0. The monoisotopic (exact) mass is 364 g/mol. The van der Waals surface area contributed by atoms with Crippen molar-refractivity contribution in [1.82, 2.24) is 0 Å². The number of aromatic hydroxyl groups is 2. The van der Waals surface area contributed by atoms with E-state index in [2.05, 4.69) is 45.9 Å². The Kier molecular flexibility index (Phi) is 5.37. The summed E-state index contributed by atoms with van der Waals surface area (Å²) >= 11 is 0. The molecule has 2 heteroatoms. The van der Waals surface area contributed by atoms with Crippen LogP contribution in [0.2, 0.25) is 0 Å². The van der Waals surface area contributed by atoms with Crippen LogP contribution in [-0.4, -0.2) is 10.2 Å². The number of benzene rings is 2. The van der Waals surface area contributed by atoms with Crippen molar-refractivity contribution in [2.24, 2.45) is 11.8 Å². The number of allylic oxidation sites excluding steroid dienone is 2. The van der Waals surface area contributed by atoms with E-state index in [-0.39, 0.29) is 5.92 Å². The zero-order chi connectivity index (χ0) is 19.9. The van der Waals surface area contributed by atoms with Crippen LogP contribution in [0.3, 0.4) is 0 Å². The standard InChI is InChI=1S/C25H32O2/c1-14-7-8-20(17(4)9-14)23(21-12-15(2)10-18(5)24(21)26)22-13-16(3)11-19(6)25(22)27/h9-13,17,20,23,26-27H,7-8H2,1-6H3. The summed E-state index contributed by atoms with van der Waals surface area (Å²) in [7, 11) is 0. The molecule has 0 saturated carbocycles. The van der Waals surface area contributed by atoms with Crippen molar-refractivity contribution in [3.63, 3.8) is 0 Å². The van der Waals surface area contributed by atoms with Crippen molar-refractivity contribution in [1.29, 1.82) is 0 Å². The lowest BCUT2D eigenvalue weighted by atomic mass is 9.68. The molecule has 2 atom stereocenters. The molecule has 144 valence electrons. The fourth-order valence-electron chi connectivity index (χ4n) is 4.87. The van der Waals surface area contributed by atoms with Crippen molar-refractivity contribution in [2.45, 2.75) is 60.3 Å². The van der Waals surface area contributed by atoms with Crippen LogP contribution in [0.15, 0.2) is 35.9 Å². The van der Waals surface area contributed by atoms with Crippen molar-refractivity contribution < 1.29 is 10.2 Å². The van der Waals surface area contributed by atoms with Gasteiger partial charge in [-0.25, -0.2) is 0 Å². The van der Waals surface area contributed by atoms with Crippen LogP contribution >= 0.6 is 0 Å². The third-order valence-corrected chi connectivity index (χ3v) is 6.14. The van der Waals surface area contributed by atoms with Gasteiger partial charge in [0.2, 0.25) is 0 Å². The summed E-state index contributed by atoms with van der Waals surface area (Å²) in [6.45, 7) is 12.5. The Morgan fingerprint density at radius 2 is 1.30 bits per heavy atom. The molecule has 0 radical (unpaired) electrons. The Morgan fingerprint density at radius 1 is 0.815 bits per heavy atom. The molecule has 0 aromatic heterocycles. The van der Waals surface area contributed by atoms with Crippen LogP contribution in [0.1, 0.15) is 66.0 Å². The topological polar surface area (TPSA) is 40.5 Å². The van der Waals surface area contributed by atoms with Crippen molar-refractivity contribution in [3.8, 4) is 11.5 Å². The summed E-state index contributed by atoms with van der Waals surface area (Å²) in [5, 5.41) is 21.9. The van der Waals surface area contributed by atoms with Gasteiger partial charge >= 0.3 is 0 Å². The van der Waals surface area contributed by atoms with Crippen molar-refractivity contribution in [2.75, 3.05) is 0 Å². The molecule has 3 rings (SSSR count). The molecule has 0 saturated heterocycles. The number of hydrogen-bond acceptors (Lipinski definition) is 2. The van der Waals surface area contributed by atoms with E-state index in [0.29, 0.717) is 23.3 Å². The highest BCUT2D eigenvalue weighted by Crippen LogP contribution is 2.48. The highest BCUT2D eigenvalue weighted by atomic mass is 16.3. The van der Waals surface area contributed by atoms with Gasteiger partial charge in [-0.2, -0.15) is 0 Å². The third kappa shape index (κ3) is 3.76. The van der Waals surface area contributed by atoms with Gasteiger partial charge in [-0.15, -0.1) is 0 Å². The minimum atomic E-state index is -0.0263. The Hall–Kier alpha value is -2.22. The molecule has 27 heavy (non-hydrogen) atoms. The van der Waals surface area contributed by atoms with Crippen molar-refractivity contribution >= 4 is 0 Å². The normalized spacial score (nSPS) is 20.0. The second-order valence-electron chi connectivity index (χ2n) is 8.59. The predicted molar refractivity (Wildman–Crippen MR) is 113 cm³/mol. The Bertz CT molecular complexity index is 834. The van der Waals surface area contributed by atoms with Crippen LogP contribution in [0.5, 0.6) is 11.5 Å². The first kappa shape index (κ1) is 19.5. The Balaban J connectivity index is 2.26. The lowest BCUT2D eigenvalue weighted by Crippen LogP contribution is -2.24. The first-order valence-corrected chi connectivity index (χ1v) is 9.96. The summed E-state index contributed by atoms with van der Waals surface area (Å²) < 4.78 is 0. The van der Waals surface area contributed by atoms with Gasteiger partial charge < -0.3 is 10.2 Å². The van der Waals surface area contributed by atoms with Crippen LogP contribution < -0.4 is 0 Å². The van der Waals surface area contributed by atoms with Crippen LogP contribution in [0.25, 0.3) is 0 Å². The number of hydrogen-bond donors (Lipinski definition) is 2. The molecule has 1 aliphatic rings. The second-order valence-corrected chi connectivity index (χ2v) is 8.59. The van der Waals surface area contributed by atoms with Gasteiger partial charge in [0.25, 0.3) is 0 Å². The fraction of sp³-hybridized carbons (Fsp3) is 0.440. The van der Waals surface area contributed by atoms with Gasteiger partial charge in [0.15, 0.2) is 0 Å². The van der Waals surface area contributed by atoms with E-state index in [4.69, 9.17) is 0 Å². The molecule has 0 spiro atoms. The molecule has 0 bridgehead atoms. The molecule has 0 amide bonds. The summed E-state index contributed by atoms with van der Waals surface area (Å²) in [6.07, 6.45) is 4.50. The van der Waals surface area contributed by atoms with E-state index in [1.807, 2.05) is 26.0 Å². The molecule has 2 aromatic carbocycles. The highest BCUT2D eigenvalue weighted by molar-refractivity contribution is 5.54. The SMILES string of the molecule is CC1=CC(C)C(C(c2cc(C)cc(C)c2O)c2cc(C)cc(C)c2O)CC1. The van der Waals surface area contributed by atoms with Gasteiger partial charge in [0.1, 0.15) is 11.5 Å². The van der Waals surface area contributed by atoms with E-state index < -0.39 is 0 Å². The molecular formula is C25H32O2. The molecule has 0 heterocycles. The predicted octanol–water partition coefficient (Wildman–Crippen LogP) is 6.46. The molecule has 2 aromatic rings. The average Bonchev–Trinajstić information content (AvgIpc) is 2.58. The minimum absolute atomic E-state index is 0.0263. The van der Waals surface area contributed by atoms with Crippen molar-refractivity contribution in [3.05, 3.63) is 69.3 Å². The fourth-order valence-corrected chi connectivity index (χ4v) is 4.87. The minimum Gasteiger partial charge on any atom is -0.507 e. The molecule has 2 N–H and O–H groups in total. The Morgan fingerprint density at radius 3 is 1.74 bits per heavy atom. The molecule has 0 fully saturated rings. The van der Waals surface area contributed by atoms with Crippen LogP contribution in [0, 0.1) is 39.5 Å². The number of phenols is 2. The van der Waals surface area contributed by atoms with Crippen LogP contribution in [-0.2, 0) is 0 Å². The van der Waals surface area contributed by atoms with E-state index >= 15 is 0 Å². The van der Waals surface area contributed by atoms with E-state index in [0.717, 1.165) is 46.2 Å². The maximum absolute atomic E-state index is 11.0. The summed E-state index contributed by atoms with van der Waals surface area (Å²) in [5.74, 6) is 1.43. The van der Waals surface area contributed by atoms with E-state index in [1.54, 1.807) is 0 Å². The maximum Gasteiger partial charge on any atom is 0.122 e. The number of rotatable bonds is 3. The van der Waals surface area contributed by atoms with Gasteiger partial charge in [0, 0.05) is 17.0 Å². The molecule has 0 aliphatic heterocycles. The molecule has 2 nitrogen and oxygen atoms in total. The smallest absolute Gasteiger partial charge is 0.122 e. The molecule has 1 aliphatic carbocycles. The third-order valence-electron chi connectivity index (χ3n) is 6.14. The molecule has 2 unspecified atom stereocenters. The highest BCUT2D eigenvalue weighted by Gasteiger charge is 2.34. The van der Waals surface area contributed by atoms with E-state index in [9.17, 15) is 10.2 Å². The van der Waals surface area contributed by atoms with E-state index in [1.165, 1.54) is 5.57 Å². The lowest BCUT2D eigenvalue weighted by molar-refractivity contribution is 0.320.